The molecule has 94 valence electrons. The summed E-state index contributed by atoms with van der Waals surface area (Å²) >= 11 is 0. The van der Waals surface area contributed by atoms with Crippen LogP contribution in [0.4, 0.5) is 13.2 Å². The third kappa shape index (κ3) is 2.83. The van der Waals surface area contributed by atoms with Crippen LogP contribution >= 0.6 is 0 Å². The van der Waals surface area contributed by atoms with E-state index in [1.165, 1.54) is 6.92 Å². The summed E-state index contributed by atoms with van der Waals surface area (Å²) in [5.41, 5.74) is 0.645. The lowest BCUT2D eigenvalue weighted by Gasteiger charge is -2.14. The lowest BCUT2D eigenvalue weighted by molar-refractivity contribution is -0.154. The van der Waals surface area contributed by atoms with Crippen molar-refractivity contribution in [3.05, 3.63) is 35.9 Å². The molecule has 0 radical (unpaired) electrons. The molecule has 0 amide bonds. The monoisotopic (exact) mass is 253 g/mol. The Morgan fingerprint density at radius 1 is 1.22 bits per heavy atom. The number of halogens is 3. The highest BCUT2D eigenvalue weighted by atomic mass is 19.4. The number of aliphatic imine (C=N–C) groups is 1. The summed E-state index contributed by atoms with van der Waals surface area (Å²) in [5.74, 6) is 5.16. The quantitative estimate of drug-likeness (QED) is 0.651. The summed E-state index contributed by atoms with van der Waals surface area (Å²) in [7, 11) is 0. The van der Waals surface area contributed by atoms with Crippen molar-refractivity contribution in [2.45, 2.75) is 25.2 Å². The second-order valence-electron chi connectivity index (χ2n) is 3.81. The highest BCUT2D eigenvalue weighted by molar-refractivity contribution is 5.76. The Labute approximate surface area is 102 Å². The van der Waals surface area contributed by atoms with Crippen molar-refractivity contribution in [3.63, 3.8) is 0 Å². The van der Waals surface area contributed by atoms with Crippen molar-refractivity contribution in [1.82, 2.24) is 0 Å². The van der Waals surface area contributed by atoms with Crippen molar-refractivity contribution < 1.29 is 17.9 Å². The molecule has 0 saturated carbocycles. The lowest BCUT2D eigenvalue weighted by atomic mass is 10.1. The van der Waals surface area contributed by atoms with Gasteiger partial charge in [0.25, 0.3) is 0 Å². The third-order valence-electron chi connectivity index (χ3n) is 2.37. The van der Waals surface area contributed by atoms with Crippen molar-refractivity contribution in [2.75, 3.05) is 0 Å². The van der Waals surface area contributed by atoms with Crippen molar-refractivity contribution in [3.8, 4) is 11.8 Å². The summed E-state index contributed by atoms with van der Waals surface area (Å²) in [6.45, 7) is 1.39. The van der Waals surface area contributed by atoms with Crippen LogP contribution in [-0.4, -0.2) is 24.2 Å². The molecule has 0 unspecified atom stereocenters. The van der Waals surface area contributed by atoms with Crippen LogP contribution in [0.25, 0.3) is 0 Å². The fourth-order valence-corrected chi connectivity index (χ4v) is 1.57. The van der Waals surface area contributed by atoms with Gasteiger partial charge in [-0.05, 0) is 12.1 Å². The Bertz CT molecular complexity index is 511. The van der Waals surface area contributed by atoms with Gasteiger partial charge in [0.2, 0.25) is 0 Å². The zero-order valence-electron chi connectivity index (χ0n) is 9.53. The van der Waals surface area contributed by atoms with E-state index in [2.05, 4.69) is 16.8 Å². The molecule has 1 aliphatic heterocycles. The van der Waals surface area contributed by atoms with E-state index in [-0.39, 0.29) is 5.90 Å². The lowest BCUT2D eigenvalue weighted by Crippen LogP contribution is -2.35. The zero-order valence-corrected chi connectivity index (χ0v) is 9.53. The Balaban J connectivity index is 2.18. The first-order chi connectivity index (χ1) is 8.47. The predicted molar refractivity (Wildman–Crippen MR) is 61.1 cm³/mol. The molecule has 2 nitrogen and oxygen atoms in total. The van der Waals surface area contributed by atoms with E-state index in [0.29, 0.717) is 5.56 Å². The van der Waals surface area contributed by atoms with Crippen LogP contribution in [0.5, 0.6) is 0 Å². The SMILES string of the molecule is CC1=N[C@H](C(F)(F)F)[C@@H](C#Cc2ccccc2)O1. The van der Waals surface area contributed by atoms with Crippen molar-refractivity contribution >= 4 is 5.90 Å². The van der Waals surface area contributed by atoms with Crippen molar-refractivity contribution in [1.29, 1.82) is 0 Å². The molecule has 2 rings (SSSR count). The second kappa shape index (κ2) is 4.73. The fraction of sp³-hybridized carbons (Fsp3) is 0.308. The minimum Gasteiger partial charge on any atom is -0.463 e. The number of ether oxygens (including phenoxy) is 1. The molecule has 0 saturated heterocycles. The summed E-state index contributed by atoms with van der Waals surface area (Å²) in [6.07, 6.45) is -5.70. The molecular weight excluding hydrogens is 243 g/mol. The van der Waals surface area contributed by atoms with Crippen LogP contribution < -0.4 is 0 Å². The summed E-state index contributed by atoms with van der Waals surface area (Å²) in [5, 5.41) is 0. The molecule has 1 aliphatic rings. The average Bonchev–Trinajstić information content (AvgIpc) is 2.69. The first kappa shape index (κ1) is 12.5. The van der Waals surface area contributed by atoms with Gasteiger partial charge in [-0.25, -0.2) is 4.99 Å². The Kier molecular flexibility index (Phi) is 3.28. The van der Waals surface area contributed by atoms with Gasteiger partial charge in [0.05, 0.1) is 0 Å². The van der Waals surface area contributed by atoms with Gasteiger partial charge >= 0.3 is 6.18 Å². The van der Waals surface area contributed by atoms with E-state index >= 15 is 0 Å². The molecule has 0 bridgehead atoms. The summed E-state index contributed by atoms with van der Waals surface area (Å²) in [4.78, 5) is 3.42. The molecule has 5 heteroatoms. The van der Waals surface area contributed by atoms with Gasteiger partial charge in [-0.3, -0.25) is 0 Å². The number of hydrogen-bond acceptors (Lipinski definition) is 2. The van der Waals surface area contributed by atoms with Gasteiger partial charge in [0.15, 0.2) is 18.0 Å². The van der Waals surface area contributed by atoms with Crippen LogP contribution in [0.3, 0.4) is 0 Å². The van der Waals surface area contributed by atoms with E-state index < -0.39 is 18.3 Å². The normalized spacial score (nSPS) is 22.8. The fourth-order valence-electron chi connectivity index (χ4n) is 1.57. The third-order valence-corrected chi connectivity index (χ3v) is 2.37. The first-order valence-electron chi connectivity index (χ1n) is 5.31. The highest BCUT2D eigenvalue weighted by Gasteiger charge is 2.48. The number of hydrogen-bond donors (Lipinski definition) is 0. The number of benzene rings is 1. The van der Waals surface area contributed by atoms with E-state index in [1.807, 2.05) is 6.07 Å². The summed E-state index contributed by atoms with van der Waals surface area (Å²) in [6, 6.07) is 6.89. The topological polar surface area (TPSA) is 21.6 Å². The average molecular weight is 253 g/mol. The van der Waals surface area contributed by atoms with E-state index in [4.69, 9.17) is 4.74 Å². The standard InChI is InChI=1S/C13H10F3NO/c1-9-17-12(13(14,15)16)11(18-9)8-7-10-5-3-2-4-6-10/h2-6,11-12H,1H3/t11-,12+/m1/s1. The maximum atomic E-state index is 12.7. The molecule has 1 heterocycles. The van der Waals surface area contributed by atoms with Crippen LogP contribution in [0.1, 0.15) is 12.5 Å². The van der Waals surface area contributed by atoms with Gasteiger partial charge < -0.3 is 4.74 Å². The minimum atomic E-state index is -4.44. The molecule has 18 heavy (non-hydrogen) atoms. The van der Waals surface area contributed by atoms with Crippen LogP contribution in [0.15, 0.2) is 35.3 Å². The minimum absolute atomic E-state index is 0.0182. The maximum absolute atomic E-state index is 12.7. The largest absolute Gasteiger partial charge is 0.463 e. The molecule has 1 aromatic carbocycles. The number of rotatable bonds is 0. The Morgan fingerprint density at radius 3 is 2.50 bits per heavy atom. The number of alkyl halides is 3. The molecule has 0 aliphatic carbocycles. The molecule has 2 atom stereocenters. The van der Waals surface area contributed by atoms with Crippen LogP contribution in [0.2, 0.25) is 0 Å². The molecule has 0 N–H and O–H groups in total. The smallest absolute Gasteiger partial charge is 0.415 e. The van der Waals surface area contributed by atoms with Gasteiger partial charge in [-0.2, -0.15) is 13.2 Å². The highest BCUT2D eigenvalue weighted by Crippen LogP contribution is 2.30. The molecule has 0 aromatic heterocycles. The molecule has 0 spiro atoms. The van der Waals surface area contributed by atoms with Gasteiger partial charge in [-0.15, -0.1) is 0 Å². The zero-order chi connectivity index (χ0) is 13.2. The summed E-state index contributed by atoms with van der Waals surface area (Å²) < 4.78 is 42.9. The van der Waals surface area contributed by atoms with Crippen LogP contribution in [-0.2, 0) is 4.74 Å². The van der Waals surface area contributed by atoms with E-state index in [9.17, 15) is 13.2 Å². The van der Waals surface area contributed by atoms with Gasteiger partial charge in [-0.1, -0.05) is 30.0 Å². The Morgan fingerprint density at radius 2 is 1.89 bits per heavy atom. The molecule has 1 aromatic rings. The van der Waals surface area contributed by atoms with Gasteiger partial charge in [0, 0.05) is 12.5 Å². The Hall–Kier alpha value is -1.96. The maximum Gasteiger partial charge on any atom is 0.415 e. The van der Waals surface area contributed by atoms with E-state index in [1.54, 1.807) is 24.3 Å². The predicted octanol–water partition coefficient (Wildman–Crippen LogP) is 2.79. The van der Waals surface area contributed by atoms with Gasteiger partial charge in [0.1, 0.15) is 0 Å². The first-order valence-corrected chi connectivity index (χ1v) is 5.31. The van der Waals surface area contributed by atoms with E-state index in [0.717, 1.165) is 0 Å². The second-order valence-corrected chi connectivity index (χ2v) is 3.81. The number of nitrogens with zero attached hydrogens (tertiary/aromatic N) is 1. The van der Waals surface area contributed by atoms with Crippen LogP contribution in [0, 0.1) is 11.8 Å². The molecule has 0 fully saturated rings. The van der Waals surface area contributed by atoms with Crippen molar-refractivity contribution in [2.24, 2.45) is 4.99 Å². The molecular formula is C13H10F3NO.